The van der Waals surface area contributed by atoms with E-state index in [1.807, 2.05) is 0 Å². The Balaban J connectivity index is 1.35. The van der Waals surface area contributed by atoms with Gasteiger partial charge in [0.05, 0.1) is 34.8 Å². The summed E-state index contributed by atoms with van der Waals surface area (Å²) in [6.45, 7) is 1.12. The van der Waals surface area contributed by atoms with Crippen LogP contribution in [0.4, 0.5) is 5.69 Å². The Morgan fingerprint density at radius 2 is 1.68 bits per heavy atom. The molecule has 0 bridgehead atoms. The highest BCUT2D eigenvalue weighted by molar-refractivity contribution is 7.89. The number of nitrogens with one attached hydrogen (secondary N) is 1. The summed E-state index contributed by atoms with van der Waals surface area (Å²) in [5.74, 6) is -1.14. The molecule has 1 aliphatic rings. The molecule has 1 aliphatic heterocycles. The van der Waals surface area contributed by atoms with Gasteiger partial charge >= 0.3 is 5.97 Å². The minimum Gasteiger partial charge on any atom is -0.423 e. The lowest BCUT2D eigenvalue weighted by molar-refractivity contribution is -0.384. The van der Waals surface area contributed by atoms with Crippen molar-refractivity contribution in [3.63, 3.8) is 0 Å². The van der Waals surface area contributed by atoms with E-state index in [1.165, 1.54) is 65.1 Å². The number of ether oxygens (including phenoxy) is 2. The second kappa shape index (κ2) is 11.7. The Morgan fingerprint density at radius 3 is 2.39 bits per heavy atom. The van der Waals surface area contributed by atoms with E-state index >= 15 is 0 Å². The second-order valence-corrected chi connectivity index (χ2v) is 9.95. The molecule has 1 saturated heterocycles. The van der Waals surface area contributed by atoms with Crippen LogP contribution in [0.15, 0.2) is 82.8 Å². The van der Waals surface area contributed by atoms with E-state index < -0.39 is 26.8 Å². The standard InChI is InChI=1S/C25H22N4O8S/c30-24(19-3-2-6-23(16-19)38(34,35)28-11-13-36-14-12-28)27-26-17-18-7-9-22(10-8-18)37-25(31)20-4-1-5-21(15-20)29(32)33/h1-10,15-17H,11-14H2,(H,27,30)/b26-17+. The average molecular weight is 539 g/mol. The molecule has 0 aliphatic carbocycles. The van der Waals surface area contributed by atoms with Crippen LogP contribution in [0.5, 0.6) is 5.75 Å². The van der Waals surface area contributed by atoms with Crippen LogP contribution in [0.25, 0.3) is 0 Å². The van der Waals surface area contributed by atoms with Gasteiger partial charge in [-0.15, -0.1) is 0 Å². The molecule has 3 aromatic carbocycles. The number of nitro benzene ring substituents is 1. The zero-order valence-corrected chi connectivity index (χ0v) is 20.7. The van der Waals surface area contributed by atoms with Crippen molar-refractivity contribution in [2.45, 2.75) is 4.90 Å². The van der Waals surface area contributed by atoms with E-state index in [9.17, 15) is 28.1 Å². The van der Waals surface area contributed by atoms with Crippen LogP contribution in [-0.4, -0.2) is 62.0 Å². The zero-order chi connectivity index (χ0) is 27.1. The fourth-order valence-electron chi connectivity index (χ4n) is 3.50. The van der Waals surface area contributed by atoms with Crippen molar-refractivity contribution in [2.75, 3.05) is 26.3 Å². The number of carbonyl (C=O) groups excluding carboxylic acids is 2. The van der Waals surface area contributed by atoms with Gasteiger partial charge in [-0.3, -0.25) is 14.9 Å². The largest absolute Gasteiger partial charge is 0.423 e. The monoisotopic (exact) mass is 538 g/mol. The third kappa shape index (κ3) is 6.45. The molecule has 0 unspecified atom stereocenters. The van der Waals surface area contributed by atoms with Crippen LogP contribution in [0.1, 0.15) is 26.3 Å². The normalized spacial score (nSPS) is 14.2. The topological polar surface area (TPSA) is 158 Å². The highest BCUT2D eigenvalue weighted by Crippen LogP contribution is 2.19. The van der Waals surface area contributed by atoms with E-state index in [0.717, 1.165) is 6.07 Å². The number of hydrogen-bond donors (Lipinski definition) is 1. The van der Waals surface area contributed by atoms with Gasteiger partial charge in [0.25, 0.3) is 11.6 Å². The van der Waals surface area contributed by atoms with Crippen LogP contribution < -0.4 is 10.2 Å². The van der Waals surface area contributed by atoms with Crippen LogP contribution in [-0.2, 0) is 14.8 Å². The smallest absolute Gasteiger partial charge is 0.343 e. The SMILES string of the molecule is O=C(N/N=C/c1ccc(OC(=O)c2cccc([N+](=O)[O-])c2)cc1)c1cccc(S(=O)(=O)N2CCOCC2)c1. The van der Waals surface area contributed by atoms with Crippen molar-refractivity contribution < 1.29 is 32.4 Å². The molecule has 1 N–H and O–H groups in total. The summed E-state index contributed by atoms with van der Waals surface area (Å²) in [4.78, 5) is 35.1. The Bertz CT molecular complexity index is 1480. The average Bonchev–Trinajstić information content (AvgIpc) is 2.94. The van der Waals surface area contributed by atoms with Crippen LogP contribution in [0, 0.1) is 10.1 Å². The molecule has 0 aromatic heterocycles. The van der Waals surface area contributed by atoms with Gasteiger partial charge in [-0.25, -0.2) is 18.6 Å². The highest BCUT2D eigenvalue weighted by Gasteiger charge is 2.26. The second-order valence-electron chi connectivity index (χ2n) is 8.01. The molecule has 12 nitrogen and oxygen atoms in total. The third-order valence-corrected chi connectivity index (χ3v) is 7.36. The van der Waals surface area contributed by atoms with Gasteiger partial charge < -0.3 is 9.47 Å². The first-order valence-corrected chi connectivity index (χ1v) is 12.8. The van der Waals surface area contributed by atoms with Crippen molar-refractivity contribution in [1.29, 1.82) is 0 Å². The molecule has 0 saturated carbocycles. The number of amides is 1. The van der Waals surface area contributed by atoms with E-state index in [1.54, 1.807) is 12.1 Å². The third-order valence-electron chi connectivity index (χ3n) is 5.47. The van der Waals surface area contributed by atoms with E-state index in [-0.39, 0.29) is 40.5 Å². The quantitative estimate of drug-likeness (QED) is 0.151. The highest BCUT2D eigenvalue weighted by atomic mass is 32.2. The lowest BCUT2D eigenvalue weighted by Gasteiger charge is -2.26. The van der Waals surface area contributed by atoms with Gasteiger partial charge in [0.2, 0.25) is 10.0 Å². The summed E-state index contributed by atoms with van der Waals surface area (Å²) in [5, 5.41) is 14.8. The van der Waals surface area contributed by atoms with Crippen molar-refractivity contribution in [3.8, 4) is 5.75 Å². The number of benzene rings is 3. The van der Waals surface area contributed by atoms with Crippen LogP contribution in [0.2, 0.25) is 0 Å². The number of morpholine rings is 1. The first-order chi connectivity index (χ1) is 18.2. The van der Waals surface area contributed by atoms with Gasteiger partial charge in [0.1, 0.15) is 5.75 Å². The molecule has 13 heteroatoms. The number of rotatable bonds is 8. The van der Waals surface area contributed by atoms with Gasteiger partial charge in [0, 0.05) is 30.8 Å². The fraction of sp³-hybridized carbons (Fsp3) is 0.160. The number of nitrogens with zero attached hydrogens (tertiary/aromatic N) is 3. The van der Waals surface area contributed by atoms with Gasteiger partial charge in [0.15, 0.2) is 0 Å². The molecule has 1 amide bonds. The fourth-order valence-corrected chi connectivity index (χ4v) is 4.95. The molecule has 3 aromatic rings. The molecule has 0 radical (unpaired) electrons. The summed E-state index contributed by atoms with van der Waals surface area (Å²) in [7, 11) is -3.75. The van der Waals surface area contributed by atoms with Crippen molar-refractivity contribution in [3.05, 3.63) is 99.6 Å². The number of esters is 1. The Hall–Kier alpha value is -4.46. The molecule has 1 fully saturated rings. The number of hydrogen-bond acceptors (Lipinski definition) is 9. The van der Waals surface area contributed by atoms with E-state index in [0.29, 0.717) is 18.8 Å². The lowest BCUT2D eigenvalue weighted by Crippen LogP contribution is -2.40. The molecule has 1 heterocycles. The van der Waals surface area contributed by atoms with Crippen molar-refractivity contribution in [1.82, 2.24) is 9.73 Å². The minimum absolute atomic E-state index is 0.00581. The number of carbonyl (C=O) groups is 2. The predicted octanol–water partition coefficient (Wildman–Crippen LogP) is 2.60. The van der Waals surface area contributed by atoms with Crippen molar-refractivity contribution >= 4 is 33.8 Å². The summed E-state index contributed by atoms with van der Waals surface area (Å²) in [6.07, 6.45) is 1.36. The lowest BCUT2D eigenvalue weighted by atomic mass is 10.2. The molecular formula is C25H22N4O8S. The van der Waals surface area contributed by atoms with Crippen LogP contribution >= 0.6 is 0 Å². The Kier molecular flexibility index (Phi) is 8.21. The number of nitro groups is 1. The molecule has 196 valence electrons. The molecular weight excluding hydrogens is 516 g/mol. The summed E-state index contributed by atoms with van der Waals surface area (Å²) < 4.78 is 37.4. The summed E-state index contributed by atoms with van der Waals surface area (Å²) in [6, 6.07) is 17.0. The van der Waals surface area contributed by atoms with Crippen molar-refractivity contribution in [2.24, 2.45) is 5.10 Å². The van der Waals surface area contributed by atoms with E-state index in [4.69, 9.17) is 9.47 Å². The maximum absolute atomic E-state index is 12.8. The molecule has 0 spiro atoms. The number of sulfonamides is 1. The molecule has 38 heavy (non-hydrogen) atoms. The van der Waals surface area contributed by atoms with Crippen LogP contribution in [0.3, 0.4) is 0 Å². The Morgan fingerprint density at radius 1 is 1.00 bits per heavy atom. The zero-order valence-electron chi connectivity index (χ0n) is 19.8. The maximum atomic E-state index is 12.8. The predicted molar refractivity (Wildman–Crippen MR) is 136 cm³/mol. The first kappa shape index (κ1) is 26.6. The molecule has 4 rings (SSSR count). The number of non-ortho nitro benzene ring substituents is 1. The molecule has 0 atom stereocenters. The summed E-state index contributed by atoms with van der Waals surface area (Å²) >= 11 is 0. The van der Waals surface area contributed by atoms with Gasteiger partial charge in [-0.1, -0.05) is 12.1 Å². The minimum atomic E-state index is -3.75. The van der Waals surface area contributed by atoms with E-state index in [2.05, 4.69) is 10.5 Å². The summed E-state index contributed by atoms with van der Waals surface area (Å²) in [5.41, 5.74) is 2.86. The van der Waals surface area contributed by atoms with Gasteiger partial charge in [-0.2, -0.15) is 9.41 Å². The maximum Gasteiger partial charge on any atom is 0.343 e. The van der Waals surface area contributed by atoms with Gasteiger partial charge in [-0.05, 0) is 54.1 Å². The Labute approximate surface area is 217 Å². The number of hydrazone groups is 1. The first-order valence-electron chi connectivity index (χ1n) is 11.3.